The number of hydrogen-bond acceptors (Lipinski definition) is 4. The van der Waals surface area contributed by atoms with Crippen LogP contribution in [-0.2, 0) is 19.6 Å². The molecule has 0 aromatic rings. The van der Waals surface area contributed by atoms with Crippen molar-refractivity contribution in [3.05, 3.63) is 0 Å². The molecule has 1 atom stereocenters. The second kappa shape index (κ2) is 4.41. The summed E-state index contributed by atoms with van der Waals surface area (Å²) in [6.45, 7) is 0. The average Bonchev–Trinajstić information content (AvgIpc) is 2.30. The molecule has 4 aliphatic carbocycles. The van der Waals surface area contributed by atoms with Crippen molar-refractivity contribution in [3.63, 3.8) is 0 Å². The first-order chi connectivity index (χ1) is 8.84. The summed E-state index contributed by atoms with van der Waals surface area (Å²) in [5, 5.41) is 0. The number of ether oxygens (including phenoxy) is 1. The molecular weight excluding hydrogens is 275 g/mol. The Morgan fingerprint density at radius 3 is 2.00 bits per heavy atom. The fourth-order valence-corrected chi connectivity index (χ4v) is 4.68. The molecule has 0 aliphatic heterocycles. The van der Waals surface area contributed by atoms with Gasteiger partial charge < -0.3 is 4.74 Å². The normalized spacial score (nSPS) is 42.1. The summed E-state index contributed by atoms with van der Waals surface area (Å²) in [7, 11) is -5.02. The molecule has 1 unspecified atom stereocenters. The van der Waals surface area contributed by atoms with E-state index in [2.05, 4.69) is 0 Å². The monoisotopic (exact) mass is 292 g/mol. The summed E-state index contributed by atoms with van der Waals surface area (Å²) < 4.78 is 48.0. The zero-order valence-electron chi connectivity index (χ0n) is 10.4. The Bertz CT molecular complexity index is 460. The number of carbonyl (C=O) groups is 1. The van der Waals surface area contributed by atoms with Crippen molar-refractivity contribution in [3.8, 4) is 0 Å². The van der Waals surface area contributed by atoms with Gasteiger partial charge in [-0.1, -0.05) is 0 Å². The third-order valence-electron chi connectivity index (χ3n) is 4.84. The highest BCUT2D eigenvalue weighted by Crippen LogP contribution is 2.54. The molecule has 0 radical (unpaired) electrons. The topological polar surface area (TPSA) is 80.7 Å². The quantitative estimate of drug-likeness (QED) is 0.630. The Hall–Kier alpha value is -0.690. The van der Waals surface area contributed by atoms with Crippen molar-refractivity contribution in [2.24, 2.45) is 23.7 Å². The largest absolute Gasteiger partial charge is 0.459 e. The van der Waals surface area contributed by atoms with E-state index in [-0.39, 0.29) is 17.9 Å². The van der Waals surface area contributed by atoms with E-state index in [4.69, 9.17) is 9.29 Å². The third kappa shape index (κ3) is 2.38. The van der Waals surface area contributed by atoms with Gasteiger partial charge in [0, 0.05) is 0 Å². The zero-order valence-corrected chi connectivity index (χ0v) is 11.2. The summed E-state index contributed by atoms with van der Waals surface area (Å²) in [5.41, 5.74) is -2.98. The van der Waals surface area contributed by atoms with Crippen LogP contribution >= 0.6 is 0 Å². The second-order valence-corrected chi connectivity index (χ2v) is 7.61. The molecule has 0 heterocycles. The lowest BCUT2D eigenvalue weighted by atomic mass is 9.55. The average molecular weight is 292 g/mol. The number of halogens is 1. The molecule has 4 fully saturated rings. The highest BCUT2D eigenvalue weighted by molar-refractivity contribution is 7.87. The summed E-state index contributed by atoms with van der Waals surface area (Å²) in [5.74, 6) is 0.350. The van der Waals surface area contributed by atoms with Gasteiger partial charge in [0.15, 0.2) is 0 Å². The first kappa shape index (κ1) is 13.3. The summed E-state index contributed by atoms with van der Waals surface area (Å²) in [4.78, 5) is 11.4. The highest BCUT2D eigenvalue weighted by Gasteiger charge is 2.50. The Morgan fingerprint density at radius 2 is 1.58 bits per heavy atom. The van der Waals surface area contributed by atoms with Crippen LogP contribution in [0, 0.1) is 23.7 Å². The fourth-order valence-electron chi connectivity index (χ4n) is 4.38. The molecule has 5 nitrogen and oxygen atoms in total. The Balaban J connectivity index is 1.69. The van der Waals surface area contributed by atoms with Crippen molar-refractivity contribution >= 4 is 16.1 Å². The van der Waals surface area contributed by atoms with Gasteiger partial charge in [-0.2, -0.15) is 8.42 Å². The van der Waals surface area contributed by atoms with Crippen LogP contribution in [0.5, 0.6) is 0 Å². The number of rotatable bonds is 3. The Kier molecular flexibility index (Phi) is 3.09. The van der Waals surface area contributed by atoms with Crippen LogP contribution in [0.1, 0.15) is 32.1 Å². The molecular formula is C12H17FO5S. The van der Waals surface area contributed by atoms with Gasteiger partial charge in [-0.15, -0.1) is 0 Å². The summed E-state index contributed by atoms with van der Waals surface area (Å²) in [6, 6.07) is 0. The predicted molar refractivity (Wildman–Crippen MR) is 63.4 cm³/mol. The first-order valence-electron chi connectivity index (χ1n) is 6.65. The molecule has 0 saturated heterocycles. The van der Waals surface area contributed by atoms with E-state index in [9.17, 15) is 17.6 Å². The first-order valence-corrected chi connectivity index (χ1v) is 8.15. The van der Waals surface area contributed by atoms with Crippen LogP contribution in [-0.4, -0.2) is 30.5 Å². The molecule has 0 amide bonds. The molecule has 4 aliphatic rings. The lowest BCUT2D eigenvalue weighted by Crippen LogP contribution is -2.50. The minimum atomic E-state index is -5.02. The molecule has 0 aromatic heterocycles. The lowest BCUT2D eigenvalue weighted by Gasteiger charge is -2.53. The smallest absolute Gasteiger partial charge is 0.359 e. The lowest BCUT2D eigenvalue weighted by molar-refractivity contribution is -0.173. The summed E-state index contributed by atoms with van der Waals surface area (Å²) in [6.07, 6.45) is 4.79. The molecule has 108 valence electrons. The number of alkyl halides is 1. The van der Waals surface area contributed by atoms with Crippen molar-refractivity contribution in [1.82, 2.24) is 0 Å². The van der Waals surface area contributed by atoms with E-state index in [0.717, 1.165) is 25.7 Å². The van der Waals surface area contributed by atoms with Gasteiger partial charge in [-0.25, -0.2) is 9.18 Å². The molecule has 4 bridgehead atoms. The van der Waals surface area contributed by atoms with Crippen molar-refractivity contribution in [2.45, 2.75) is 43.7 Å². The maximum atomic E-state index is 13.2. The van der Waals surface area contributed by atoms with Crippen molar-refractivity contribution in [1.29, 1.82) is 0 Å². The minimum Gasteiger partial charge on any atom is -0.459 e. The van der Waals surface area contributed by atoms with Gasteiger partial charge >= 0.3 is 21.6 Å². The molecule has 19 heavy (non-hydrogen) atoms. The number of hydrogen-bond donors (Lipinski definition) is 1. The van der Waals surface area contributed by atoms with Crippen LogP contribution < -0.4 is 0 Å². The Morgan fingerprint density at radius 1 is 1.11 bits per heavy atom. The zero-order chi connectivity index (χ0) is 13.8. The van der Waals surface area contributed by atoms with Crippen LogP contribution in [0.15, 0.2) is 0 Å². The standard InChI is InChI=1S/C12H17FO5S/c13-11(19(15,16)17)12(14)18-10-8-2-6-1-7(4-8)5-9(10)3-6/h6-11H,1-5H2,(H,15,16,17). The molecule has 0 spiro atoms. The van der Waals surface area contributed by atoms with E-state index in [1.54, 1.807) is 0 Å². The van der Waals surface area contributed by atoms with Crippen molar-refractivity contribution < 1.29 is 26.9 Å². The van der Waals surface area contributed by atoms with Gasteiger partial charge in [-0.05, 0) is 55.8 Å². The molecule has 4 saturated carbocycles. The van der Waals surface area contributed by atoms with Crippen LogP contribution in [0.2, 0.25) is 0 Å². The van der Waals surface area contributed by atoms with E-state index in [0.29, 0.717) is 11.8 Å². The maximum Gasteiger partial charge on any atom is 0.359 e. The maximum absolute atomic E-state index is 13.2. The Labute approximate surface area is 111 Å². The second-order valence-electron chi connectivity index (χ2n) is 6.16. The SMILES string of the molecule is O=C(OC1C2CC3CC(C2)CC1C3)C(F)S(=O)(=O)O. The van der Waals surface area contributed by atoms with Gasteiger partial charge in [-0.3, -0.25) is 4.55 Å². The van der Waals surface area contributed by atoms with Crippen LogP contribution in [0.25, 0.3) is 0 Å². The summed E-state index contributed by atoms with van der Waals surface area (Å²) >= 11 is 0. The van der Waals surface area contributed by atoms with E-state index in [1.165, 1.54) is 6.42 Å². The van der Waals surface area contributed by atoms with Gasteiger partial charge in [0.25, 0.3) is 0 Å². The molecule has 4 rings (SSSR count). The van der Waals surface area contributed by atoms with Gasteiger partial charge in [0.1, 0.15) is 6.10 Å². The molecule has 7 heteroatoms. The van der Waals surface area contributed by atoms with E-state index in [1.807, 2.05) is 0 Å². The highest BCUT2D eigenvalue weighted by atomic mass is 32.2. The fraction of sp³-hybridized carbons (Fsp3) is 0.917. The molecule has 1 N–H and O–H groups in total. The van der Waals surface area contributed by atoms with Gasteiger partial charge in [0.2, 0.25) is 0 Å². The minimum absolute atomic E-state index is 0.230. The van der Waals surface area contributed by atoms with E-state index < -0.39 is 21.6 Å². The third-order valence-corrected chi connectivity index (χ3v) is 5.55. The van der Waals surface area contributed by atoms with E-state index >= 15 is 0 Å². The van der Waals surface area contributed by atoms with Crippen LogP contribution in [0.4, 0.5) is 4.39 Å². The number of carbonyl (C=O) groups excluding carboxylic acids is 1. The predicted octanol–water partition coefficient (Wildman–Crippen LogP) is 1.54. The number of esters is 1. The van der Waals surface area contributed by atoms with Crippen molar-refractivity contribution in [2.75, 3.05) is 0 Å². The van der Waals surface area contributed by atoms with Gasteiger partial charge in [0.05, 0.1) is 0 Å². The molecule has 0 aromatic carbocycles. The van der Waals surface area contributed by atoms with Crippen LogP contribution in [0.3, 0.4) is 0 Å².